The molecule has 2 nitrogen and oxygen atoms in total. The third-order valence-electron chi connectivity index (χ3n) is 6.66. The number of hydrogen-bond acceptors (Lipinski definition) is 3. The van der Waals surface area contributed by atoms with Gasteiger partial charge in [0.05, 0.1) is 9.91 Å². The number of aryl methyl sites for hydroxylation is 1. The van der Waals surface area contributed by atoms with Crippen molar-refractivity contribution in [3.63, 3.8) is 0 Å². The van der Waals surface area contributed by atoms with Crippen LogP contribution in [0, 0.1) is 23.7 Å². The molecule has 4 heteroatoms. The Morgan fingerprint density at radius 2 is 1.92 bits per heavy atom. The van der Waals surface area contributed by atoms with Crippen molar-refractivity contribution < 1.29 is 9.90 Å². The first-order valence-corrected chi connectivity index (χ1v) is 10.6. The molecule has 4 atom stereocenters. The zero-order valence-corrected chi connectivity index (χ0v) is 16.2. The number of allylic oxidation sites excluding steroid dienone is 2. The molecular weight excluding hydrogens is 364 g/mol. The summed E-state index contributed by atoms with van der Waals surface area (Å²) in [5.74, 6) is 1.60. The average molecular weight is 385 g/mol. The van der Waals surface area contributed by atoms with Crippen molar-refractivity contribution in [2.75, 3.05) is 0 Å². The Balaban J connectivity index is 1.64. The molecule has 1 heterocycles. The maximum atomic E-state index is 13.3. The normalized spacial score (nSPS) is 29.7. The Morgan fingerprint density at radius 3 is 2.58 bits per heavy atom. The molecule has 0 spiro atoms. The number of benzene rings is 1. The van der Waals surface area contributed by atoms with E-state index in [0.717, 1.165) is 51.6 Å². The molecule has 0 saturated heterocycles. The molecule has 2 saturated carbocycles. The van der Waals surface area contributed by atoms with Gasteiger partial charge in [-0.25, -0.2) is 0 Å². The molecule has 2 bridgehead atoms. The predicted molar refractivity (Wildman–Crippen MR) is 107 cm³/mol. The van der Waals surface area contributed by atoms with Gasteiger partial charge in [0.2, 0.25) is 0 Å². The van der Waals surface area contributed by atoms with Crippen LogP contribution in [0.4, 0.5) is 0 Å². The lowest BCUT2D eigenvalue weighted by molar-refractivity contribution is -0.118. The number of carbonyl (C=O) groups is 1. The zero-order chi connectivity index (χ0) is 18.0. The highest BCUT2D eigenvalue weighted by Crippen LogP contribution is 2.60. The molecular formula is C22H21ClO2S. The molecule has 26 heavy (non-hydrogen) atoms. The van der Waals surface area contributed by atoms with E-state index in [-0.39, 0.29) is 17.6 Å². The summed E-state index contributed by atoms with van der Waals surface area (Å²) in [6, 6.07) is 10.2. The summed E-state index contributed by atoms with van der Waals surface area (Å²) in [7, 11) is 0. The lowest BCUT2D eigenvalue weighted by Crippen LogP contribution is -2.24. The lowest BCUT2D eigenvalue weighted by Gasteiger charge is -2.23. The van der Waals surface area contributed by atoms with Crippen LogP contribution in [0.1, 0.15) is 37.3 Å². The number of ketones is 1. The number of fused-ring (bicyclic) bond motifs is 5. The summed E-state index contributed by atoms with van der Waals surface area (Å²) in [4.78, 5) is 14.4. The van der Waals surface area contributed by atoms with Gasteiger partial charge in [-0.15, -0.1) is 11.3 Å². The standard InChI is InChI=1S/C22H21ClO2S/c1-2-11-3-4-12(16-7-8-17(23)26-16)10-15(11)20-21(24)18-13-5-6-14(9-13)19(18)22(20)25/h3-4,7-8,10,13-14,18-19,24H,2,5-6,9H2,1H3/t13-,14+,18-,19+/m1/s1. The number of thiophene rings is 1. The SMILES string of the molecule is CCc1ccc(-c2ccc(Cl)s2)cc1C1=C(O)[C@@H]2[C@@H]3CC[C@@H](C3)[C@@H]2C1=O. The number of aliphatic hydroxyl groups is 1. The van der Waals surface area contributed by atoms with Crippen LogP contribution in [0.15, 0.2) is 36.1 Å². The number of aliphatic hydroxyl groups excluding tert-OH is 1. The summed E-state index contributed by atoms with van der Waals surface area (Å²) in [6.45, 7) is 2.10. The molecule has 3 aliphatic carbocycles. The van der Waals surface area contributed by atoms with Gasteiger partial charge in [-0.05, 0) is 72.4 Å². The maximum Gasteiger partial charge on any atom is 0.170 e. The maximum absolute atomic E-state index is 13.3. The number of hydrogen-bond donors (Lipinski definition) is 1. The van der Waals surface area contributed by atoms with Gasteiger partial charge >= 0.3 is 0 Å². The monoisotopic (exact) mass is 384 g/mol. The Hall–Kier alpha value is -1.58. The molecule has 1 aromatic heterocycles. The first-order chi connectivity index (χ1) is 12.6. The van der Waals surface area contributed by atoms with E-state index in [1.165, 1.54) is 11.3 Å². The minimum Gasteiger partial charge on any atom is -0.511 e. The fraction of sp³-hybridized carbons (Fsp3) is 0.409. The summed E-state index contributed by atoms with van der Waals surface area (Å²) >= 11 is 7.64. The highest BCUT2D eigenvalue weighted by atomic mass is 35.5. The van der Waals surface area contributed by atoms with Crippen molar-refractivity contribution in [3.05, 3.63) is 51.6 Å². The second-order valence-electron chi connectivity index (χ2n) is 7.84. The third kappa shape index (κ3) is 2.26. The Morgan fingerprint density at radius 1 is 1.15 bits per heavy atom. The highest BCUT2D eigenvalue weighted by molar-refractivity contribution is 7.19. The second-order valence-corrected chi connectivity index (χ2v) is 9.55. The van der Waals surface area contributed by atoms with E-state index in [0.29, 0.717) is 23.2 Å². The van der Waals surface area contributed by atoms with Gasteiger partial charge in [0.1, 0.15) is 5.76 Å². The fourth-order valence-corrected chi connectivity index (χ4v) is 6.57. The summed E-state index contributed by atoms with van der Waals surface area (Å²) in [5, 5.41) is 11.0. The summed E-state index contributed by atoms with van der Waals surface area (Å²) < 4.78 is 0.756. The van der Waals surface area contributed by atoms with Crippen molar-refractivity contribution in [2.24, 2.45) is 23.7 Å². The molecule has 1 aromatic carbocycles. The molecule has 0 unspecified atom stereocenters. The van der Waals surface area contributed by atoms with Gasteiger partial charge in [0.25, 0.3) is 0 Å². The van der Waals surface area contributed by atoms with E-state index in [1.807, 2.05) is 12.1 Å². The quantitative estimate of drug-likeness (QED) is 0.689. The molecule has 0 amide bonds. The van der Waals surface area contributed by atoms with Crippen molar-refractivity contribution in [1.82, 2.24) is 0 Å². The Labute approximate surface area is 162 Å². The molecule has 2 fully saturated rings. The van der Waals surface area contributed by atoms with Gasteiger partial charge in [0, 0.05) is 16.7 Å². The molecule has 2 aromatic rings. The highest BCUT2D eigenvalue weighted by Gasteiger charge is 2.57. The smallest absolute Gasteiger partial charge is 0.170 e. The van der Waals surface area contributed by atoms with Crippen LogP contribution in [-0.4, -0.2) is 10.9 Å². The predicted octanol–water partition coefficient (Wildman–Crippen LogP) is 6.15. The van der Waals surface area contributed by atoms with Crippen LogP contribution in [-0.2, 0) is 11.2 Å². The van der Waals surface area contributed by atoms with Gasteiger partial charge in [0.15, 0.2) is 5.78 Å². The van der Waals surface area contributed by atoms with E-state index in [4.69, 9.17) is 11.6 Å². The van der Waals surface area contributed by atoms with Crippen LogP contribution in [0.3, 0.4) is 0 Å². The second kappa shape index (κ2) is 5.97. The first-order valence-electron chi connectivity index (χ1n) is 9.44. The van der Waals surface area contributed by atoms with Crippen LogP contribution < -0.4 is 0 Å². The minimum atomic E-state index is 0.0216. The van der Waals surface area contributed by atoms with Gasteiger partial charge < -0.3 is 5.11 Å². The van der Waals surface area contributed by atoms with Gasteiger partial charge in [-0.2, -0.15) is 0 Å². The largest absolute Gasteiger partial charge is 0.511 e. The van der Waals surface area contributed by atoms with E-state index in [2.05, 4.69) is 25.1 Å². The van der Waals surface area contributed by atoms with E-state index >= 15 is 0 Å². The lowest BCUT2D eigenvalue weighted by atomic mass is 9.80. The molecule has 0 radical (unpaired) electrons. The van der Waals surface area contributed by atoms with Crippen LogP contribution in [0.25, 0.3) is 16.0 Å². The van der Waals surface area contributed by atoms with Crippen LogP contribution in [0.5, 0.6) is 0 Å². The first kappa shape index (κ1) is 16.6. The molecule has 1 N–H and O–H groups in total. The minimum absolute atomic E-state index is 0.0216. The molecule has 134 valence electrons. The zero-order valence-electron chi connectivity index (χ0n) is 14.7. The third-order valence-corrected chi connectivity index (χ3v) is 7.94. The molecule has 0 aliphatic heterocycles. The van der Waals surface area contributed by atoms with Crippen molar-refractivity contribution >= 4 is 34.3 Å². The van der Waals surface area contributed by atoms with E-state index in [9.17, 15) is 9.90 Å². The number of halogens is 1. The topological polar surface area (TPSA) is 37.3 Å². The fourth-order valence-electron chi connectivity index (χ4n) is 5.53. The van der Waals surface area contributed by atoms with Crippen LogP contribution >= 0.6 is 22.9 Å². The van der Waals surface area contributed by atoms with E-state index in [1.54, 1.807) is 0 Å². The number of rotatable bonds is 3. The molecule has 5 rings (SSSR count). The van der Waals surface area contributed by atoms with Crippen molar-refractivity contribution in [2.45, 2.75) is 32.6 Å². The number of carbonyl (C=O) groups excluding carboxylic acids is 1. The van der Waals surface area contributed by atoms with E-state index < -0.39 is 0 Å². The molecule has 3 aliphatic rings. The summed E-state index contributed by atoms with van der Waals surface area (Å²) in [5.41, 5.74) is 3.70. The Bertz CT molecular complexity index is 941. The van der Waals surface area contributed by atoms with Crippen molar-refractivity contribution in [3.8, 4) is 10.4 Å². The van der Waals surface area contributed by atoms with Crippen LogP contribution in [0.2, 0.25) is 4.34 Å². The average Bonchev–Trinajstić information content (AvgIpc) is 3.39. The summed E-state index contributed by atoms with van der Waals surface area (Å²) in [6.07, 6.45) is 4.26. The van der Waals surface area contributed by atoms with Gasteiger partial charge in [-0.1, -0.05) is 30.7 Å². The Kier molecular flexibility index (Phi) is 3.81. The number of Topliss-reactive ketones (excluding diaryl/α,β-unsaturated/α-hetero) is 1. The van der Waals surface area contributed by atoms with Crippen molar-refractivity contribution in [1.29, 1.82) is 0 Å². The van der Waals surface area contributed by atoms with Gasteiger partial charge in [-0.3, -0.25) is 4.79 Å².